The summed E-state index contributed by atoms with van der Waals surface area (Å²) in [5, 5.41) is 0. The number of piperidine rings is 1. The quantitative estimate of drug-likeness (QED) is 0.602. The predicted molar refractivity (Wildman–Crippen MR) is 125 cm³/mol. The zero-order valence-corrected chi connectivity index (χ0v) is 18.6. The molecule has 5 rings (SSSR count). The van der Waals surface area contributed by atoms with E-state index in [0.717, 1.165) is 41.2 Å². The minimum atomic E-state index is 0.0694. The van der Waals surface area contributed by atoms with Crippen molar-refractivity contribution in [2.75, 3.05) is 42.7 Å². The number of nitrogens with zero attached hydrogens (tertiary/aromatic N) is 3. The van der Waals surface area contributed by atoms with Gasteiger partial charge in [-0.25, -0.2) is 0 Å². The van der Waals surface area contributed by atoms with Crippen LogP contribution in [0.25, 0.3) is 0 Å². The van der Waals surface area contributed by atoms with Crippen LogP contribution in [-0.4, -0.2) is 49.8 Å². The fourth-order valence-electron chi connectivity index (χ4n) is 4.88. The predicted octanol–water partition coefficient (Wildman–Crippen LogP) is 4.84. The van der Waals surface area contributed by atoms with E-state index in [-0.39, 0.29) is 5.91 Å². The van der Waals surface area contributed by atoms with Gasteiger partial charge in [-0.2, -0.15) is 0 Å². The highest BCUT2D eigenvalue weighted by atomic mass is 16.5. The molecular formula is C26H33N3O2. The fraction of sp³-hybridized carbons (Fsp3) is 0.500. The average molecular weight is 420 g/mol. The molecule has 0 bridgehead atoms. The third-order valence-corrected chi connectivity index (χ3v) is 6.78. The molecule has 164 valence electrons. The third kappa shape index (κ3) is 4.42. The van der Waals surface area contributed by atoms with Gasteiger partial charge in [0.15, 0.2) is 0 Å². The Kier molecular flexibility index (Phi) is 5.86. The second-order valence-electron chi connectivity index (χ2n) is 9.15. The van der Waals surface area contributed by atoms with E-state index in [1.165, 1.54) is 45.2 Å². The standard InChI is InChI=1S/C26H33N3O2/c1-20-8-3-4-9-24(20)29-19-28(21-10-11-21)25-13-12-22(18-23(25)26(29)30)31-17-7-16-27-14-5-2-6-15-27/h3-4,8-9,12-13,18,21H,2,5-7,10-11,14-17,19H2,1H3. The van der Waals surface area contributed by atoms with Gasteiger partial charge in [0.25, 0.3) is 5.91 Å². The molecule has 3 aliphatic rings. The van der Waals surface area contributed by atoms with Gasteiger partial charge < -0.3 is 14.5 Å². The molecule has 2 aliphatic heterocycles. The summed E-state index contributed by atoms with van der Waals surface area (Å²) in [6.07, 6.45) is 7.43. The molecule has 0 radical (unpaired) electrons. The third-order valence-electron chi connectivity index (χ3n) is 6.78. The van der Waals surface area contributed by atoms with Gasteiger partial charge in [-0.05, 0) is 81.9 Å². The molecular weight excluding hydrogens is 386 g/mol. The van der Waals surface area contributed by atoms with E-state index in [4.69, 9.17) is 4.74 Å². The topological polar surface area (TPSA) is 36.0 Å². The molecule has 1 saturated heterocycles. The number of carbonyl (C=O) groups excluding carboxylic acids is 1. The second-order valence-corrected chi connectivity index (χ2v) is 9.15. The highest BCUT2D eigenvalue weighted by molar-refractivity contribution is 6.12. The van der Waals surface area contributed by atoms with Crippen LogP contribution >= 0.6 is 0 Å². The van der Waals surface area contributed by atoms with Crippen molar-refractivity contribution in [3.05, 3.63) is 53.6 Å². The average Bonchev–Trinajstić information content (AvgIpc) is 3.64. The van der Waals surface area contributed by atoms with Crippen molar-refractivity contribution in [3.8, 4) is 5.75 Å². The lowest BCUT2D eigenvalue weighted by molar-refractivity contribution is 0.0981. The van der Waals surface area contributed by atoms with Gasteiger partial charge in [-0.1, -0.05) is 24.6 Å². The summed E-state index contributed by atoms with van der Waals surface area (Å²) in [6.45, 7) is 6.93. The van der Waals surface area contributed by atoms with Crippen LogP contribution in [0.5, 0.6) is 5.75 Å². The van der Waals surface area contributed by atoms with Gasteiger partial charge in [0.05, 0.1) is 24.5 Å². The lowest BCUT2D eigenvalue weighted by Gasteiger charge is -2.39. The number of aryl methyl sites for hydroxylation is 1. The minimum absolute atomic E-state index is 0.0694. The van der Waals surface area contributed by atoms with Crippen molar-refractivity contribution in [1.82, 2.24) is 4.90 Å². The van der Waals surface area contributed by atoms with Crippen molar-refractivity contribution in [1.29, 1.82) is 0 Å². The van der Waals surface area contributed by atoms with Crippen LogP contribution in [0.15, 0.2) is 42.5 Å². The lowest BCUT2D eigenvalue weighted by Crippen LogP contribution is -2.48. The molecule has 1 amide bonds. The van der Waals surface area contributed by atoms with Crippen molar-refractivity contribution in [2.24, 2.45) is 0 Å². The normalized spacial score (nSPS) is 19.5. The highest BCUT2D eigenvalue weighted by Crippen LogP contribution is 2.40. The van der Waals surface area contributed by atoms with E-state index in [2.05, 4.69) is 28.9 Å². The molecule has 2 fully saturated rings. The Morgan fingerprint density at radius 2 is 1.81 bits per heavy atom. The number of benzene rings is 2. The number of hydrogen-bond donors (Lipinski definition) is 0. The number of anilines is 2. The van der Waals surface area contributed by atoms with Gasteiger partial charge >= 0.3 is 0 Å². The van der Waals surface area contributed by atoms with Gasteiger partial charge in [0, 0.05) is 18.3 Å². The van der Waals surface area contributed by atoms with Crippen LogP contribution in [0, 0.1) is 6.92 Å². The molecule has 2 aromatic carbocycles. The van der Waals surface area contributed by atoms with Gasteiger partial charge in [-0.3, -0.25) is 9.69 Å². The Labute approximate surface area is 185 Å². The van der Waals surface area contributed by atoms with E-state index in [0.29, 0.717) is 19.3 Å². The van der Waals surface area contributed by atoms with Crippen LogP contribution < -0.4 is 14.5 Å². The zero-order chi connectivity index (χ0) is 21.2. The van der Waals surface area contributed by atoms with Crippen molar-refractivity contribution in [2.45, 2.75) is 51.5 Å². The second kappa shape index (κ2) is 8.91. The Morgan fingerprint density at radius 3 is 2.58 bits per heavy atom. The van der Waals surface area contributed by atoms with Crippen molar-refractivity contribution in [3.63, 3.8) is 0 Å². The molecule has 5 heteroatoms. The summed E-state index contributed by atoms with van der Waals surface area (Å²) >= 11 is 0. The molecule has 0 spiro atoms. The summed E-state index contributed by atoms with van der Waals surface area (Å²) < 4.78 is 6.07. The first kappa shape index (κ1) is 20.4. The fourth-order valence-corrected chi connectivity index (χ4v) is 4.88. The van der Waals surface area contributed by atoms with Crippen LogP contribution in [-0.2, 0) is 0 Å². The summed E-state index contributed by atoms with van der Waals surface area (Å²) in [4.78, 5) is 20.3. The molecule has 1 saturated carbocycles. The summed E-state index contributed by atoms with van der Waals surface area (Å²) in [5.74, 6) is 0.869. The van der Waals surface area contributed by atoms with E-state index >= 15 is 0 Å². The summed E-state index contributed by atoms with van der Waals surface area (Å²) in [6, 6.07) is 14.8. The number of hydrogen-bond acceptors (Lipinski definition) is 4. The Balaban J connectivity index is 1.31. The van der Waals surface area contributed by atoms with E-state index in [1.807, 2.05) is 35.2 Å². The molecule has 0 N–H and O–H groups in total. The molecule has 2 aromatic rings. The van der Waals surface area contributed by atoms with Crippen LogP contribution in [0.4, 0.5) is 11.4 Å². The largest absolute Gasteiger partial charge is 0.494 e. The first-order chi connectivity index (χ1) is 15.2. The minimum Gasteiger partial charge on any atom is -0.494 e. The Morgan fingerprint density at radius 1 is 1.00 bits per heavy atom. The van der Waals surface area contributed by atoms with Crippen molar-refractivity contribution >= 4 is 17.3 Å². The van der Waals surface area contributed by atoms with Gasteiger partial charge in [0.1, 0.15) is 5.75 Å². The monoisotopic (exact) mass is 419 g/mol. The van der Waals surface area contributed by atoms with Crippen molar-refractivity contribution < 1.29 is 9.53 Å². The molecule has 0 aromatic heterocycles. The molecule has 2 heterocycles. The number of ether oxygens (including phenoxy) is 1. The summed E-state index contributed by atoms with van der Waals surface area (Å²) in [5.41, 5.74) is 3.93. The Hall–Kier alpha value is -2.53. The summed E-state index contributed by atoms with van der Waals surface area (Å²) in [7, 11) is 0. The maximum atomic E-state index is 13.5. The first-order valence-electron chi connectivity index (χ1n) is 11.8. The van der Waals surface area contributed by atoms with Crippen LogP contribution in [0.3, 0.4) is 0 Å². The molecule has 5 nitrogen and oxygen atoms in total. The Bertz CT molecular complexity index is 934. The van der Waals surface area contributed by atoms with Crippen LogP contribution in [0.2, 0.25) is 0 Å². The number of likely N-dealkylation sites (tertiary alicyclic amines) is 1. The first-order valence-corrected chi connectivity index (χ1v) is 11.8. The molecule has 1 aliphatic carbocycles. The van der Waals surface area contributed by atoms with E-state index < -0.39 is 0 Å². The highest BCUT2D eigenvalue weighted by Gasteiger charge is 2.38. The maximum Gasteiger partial charge on any atom is 0.262 e. The van der Waals surface area contributed by atoms with Crippen LogP contribution in [0.1, 0.15) is 54.4 Å². The molecule has 0 atom stereocenters. The number of carbonyl (C=O) groups is 1. The van der Waals surface area contributed by atoms with E-state index in [1.54, 1.807) is 0 Å². The number of para-hydroxylation sites is 1. The number of rotatable bonds is 7. The molecule has 31 heavy (non-hydrogen) atoms. The lowest BCUT2D eigenvalue weighted by atomic mass is 10.1. The van der Waals surface area contributed by atoms with Gasteiger partial charge in [-0.15, -0.1) is 0 Å². The van der Waals surface area contributed by atoms with E-state index in [9.17, 15) is 4.79 Å². The zero-order valence-electron chi connectivity index (χ0n) is 18.6. The maximum absolute atomic E-state index is 13.5. The number of fused-ring (bicyclic) bond motifs is 1. The van der Waals surface area contributed by atoms with Gasteiger partial charge in [0.2, 0.25) is 0 Å². The SMILES string of the molecule is Cc1ccccc1N1CN(C2CC2)c2ccc(OCCCN3CCCCC3)cc2C1=O. The smallest absolute Gasteiger partial charge is 0.262 e. The molecule has 0 unspecified atom stereocenters. The number of amides is 1.